The highest BCUT2D eigenvalue weighted by molar-refractivity contribution is 5.89. The Hall–Kier alpha value is -2.84. The van der Waals surface area contributed by atoms with Gasteiger partial charge in [-0.1, -0.05) is 26.8 Å². The van der Waals surface area contributed by atoms with E-state index in [2.05, 4.69) is 51.1 Å². The van der Waals surface area contributed by atoms with Crippen molar-refractivity contribution in [2.75, 3.05) is 46.9 Å². The van der Waals surface area contributed by atoms with Crippen LogP contribution >= 0.6 is 0 Å². The van der Waals surface area contributed by atoms with Crippen LogP contribution in [0.15, 0.2) is 41.7 Å². The first-order valence-corrected chi connectivity index (χ1v) is 13.2. The Labute approximate surface area is 221 Å². The van der Waals surface area contributed by atoms with Crippen LogP contribution in [0.2, 0.25) is 0 Å². The number of hydrogen-bond donors (Lipinski definition) is 3. The average molecular weight is 515 g/mol. The maximum Gasteiger partial charge on any atom is 0.126 e. The monoisotopic (exact) mass is 514 g/mol. The third-order valence-electron chi connectivity index (χ3n) is 6.06. The second-order valence-corrected chi connectivity index (χ2v) is 9.64. The number of nitrogens with one attached hydrogen (secondary N) is 3. The first-order chi connectivity index (χ1) is 17.8. The van der Waals surface area contributed by atoms with Crippen molar-refractivity contribution in [3.8, 4) is 11.3 Å². The van der Waals surface area contributed by atoms with Gasteiger partial charge < -0.3 is 15.5 Å². The molecule has 1 aliphatic rings. The topological polar surface area (TPSA) is 68.3 Å². The smallest absolute Gasteiger partial charge is 0.126 e. The highest BCUT2D eigenvalue weighted by atomic mass is 19.1. The van der Waals surface area contributed by atoms with E-state index >= 15 is 0 Å². The van der Waals surface area contributed by atoms with Gasteiger partial charge in [-0.3, -0.25) is 9.49 Å². The van der Waals surface area contributed by atoms with E-state index in [-0.39, 0.29) is 6.42 Å². The van der Waals surface area contributed by atoms with Crippen LogP contribution in [0, 0.1) is 5.82 Å². The number of benzene rings is 1. The van der Waals surface area contributed by atoms with Gasteiger partial charge in [0, 0.05) is 48.5 Å². The maximum absolute atomic E-state index is 14.2. The molecule has 0 saturated carbocycles. The summed E-state index contributed by atoms with van der Waals surface area (Å²) in [6.07, 6.45) is 7.01. The summed E-state index contributed by atoms with van der Waals surface area (Å²) < 4.78 is 27.1. The van der Waals surface area contributed by atoms with Crippen molar-refractivity contribution in [3.63, 3.8) is 0 Å². The average Bonchev–Trinajstić information content (AvgIpc) is 3.32. The third-order valence-corrected chi connectivity index (χ3v) is 6.06. The summed E-state index contributed by atoms with van der Waals surface area (Å²) >= 11 is 0. The fourth-order valence-electron chi connectivity index (χ4n) is 4.18. The predicted octanol–water partition coefficient (Wildman–Crippen LogP) is 5.71. The molecule has 8 heteroatoms. The van der Waals surface area contributed by atoms with E-state index in [1.54, 1.807) is 18.3 Å². The number of alkyl halides is 1. The van der Waals surface area contributed by atoms with Gasteiger partial charge in [-0.2, -0.15) is 5.10 Å². The Morgan fingerprint density at radius 1 is 1.27 bits per heavy atom. The lowest BCUT2D eigenvalue weighted by molar-refractivity contribution is 0.408. The van der Waals surface area contributed by atoms with E-state index in [0.29, 0.717) is 17.3 Å². The lowest BCUT2D eigenvalue weighted by Crippen LogP contribution is -2.27. The largest absolute Gasteiger partial charge is 0.369 e. The molecule has 1 aliphatic heterocycles. The molecule has 3 rings (SSSR count). The summed E-state index contributed by atoms with van der Waals surface area (Å²) in [5, 5.41) is 14.5. The van der Waals surface area contributed by atoms with Crippen molar-refractivity contribution < 1.29 is 8.78 Å². The standard InChI is InChI=1S/C26H36F2N6.C3H8/c1-18(8-14-30-19(2)31-15-16-34(3)4)24-25(20-9-12-29-13-10-20)32-33-26(24)22-5-6-23(28)21(17-22)7-11-27;1-3-2/h5-6,8,14,17,20,29,31H,2,7,9-13,15-16H2,1,3-4H3,(H,32,33);3H2,1-2H3/b18-8+,30-14-;. The zero-order valence-electron chi connectivity index (χ0n) is 23.1. The van der Waals surface area contributed by atoms with E-state index in [1.165, 1.54) is 12.5 Å². The van der Waals surface area contributed by atoms with Gasteiger partial charge in [0.05, 0.1) is 12.4 Å². The number of aromatic amines is 1. The minimum atomic E-state index is -0.601. The van der Waals surface area contributed by atoms with Crippen molar-refractivity contribution in [1.82, 2.24) is 25.7 Å². The maximum atomic E-state index is 14.2. The molecule has 1 aromatic carbocycles. The molecule has 0 unspecified atom stereocenters. The summed E-state index contributed by atoms with van der Waals surface area (Å²) in [7, 11) is 4.04. The van der Waals surface area contributed by atoms with Crippen LogP contribution in [-0.4, -0.2) is 68.3 Å². The molecule has 0 spiro atoms. The van der Waals surface area contributed by atoms with Crippen molar-refractivity contribution >= 4 is 11.8 Å². The number of hydrogen-bond acceptors (Lipinski definition) is 5. The molecule has 1 saturated heterocycles. The molecule has 37 heavy (non-hydrogen) atoms. The van der Waals surface area contributed by atoms with Crippen molar-refractivity contribution in [3.05, 3.63) is 59.3 Å². The van der Waals surface area contributed by atoms with Crippen molar-refractivity contribution in [1.29, 1.82) is 0 Å². The predicted molar refractivity (Wildman–Crippen MR) is 152 cm³/mol. The SMILES string of the molecule is C=C(/N=C\C=C(/C)c1c(-c2ccc(F)c(CCF)c2)n[nH]c1C1CCNCC1)NCCN(C)C.CCC. The summed E-state index contributed by atoms with van der Waals surface area (Å²) in [6, 6.07) is 4.81. The molecular weight excluding hydrogens is 470 g/mol. The summed E-state index contributed by atoms with van der Waals surface area (Å²) in [5.41, 5.74) is 4.97. The zero-order chi connectivity index (χ0) is 27.2. The van der Waals surface area contributed by atoms with Crippen molar-refractivity contribution in [2.45, 2.75) is 52.4 Å². The Bertz CT molecular complexity index is 1040. The molecule has 3 N–H and O–H groups in total. The highest BCUT2D eigenvalue weighted by Crippen LogP contribution is 2.36. The number of piperidine rings is 1. The first kappa shape index (κ1) is 30.4. The Balaban J connectivity index is 0.00000153. The molecule has 0 aliphatic carbocycles. The van der Waals surface area contributed by atoms with E-state index in [1.807, 2.05) is 27.1 Å². The number of halogens is 2. The molecule has 6 nitrogen and oxygen atoms in total. The van der Waals surface area contributed by atoms with Crippen LogP contribution in [-0.2, 0) is 6.42 Å². The van der Waals surface area contributed by atoms with Gasteiger partial charge in [0.15, 0.2) is 0 Å². The number of allylic oxidation sites excluding steroid dienone is 2. The zero-order valence-corrected chi connectivity index (χ0v) is 23.1. The number of rotatable bonds is 11. The molecule has 0 atom stereocenters. The number of aliphatic imine (C=N–C) groups is 1. The van der Waals surface area contributed by atoms with E-state index in [0.717, 1.165) is 67.1 Å². The van der Waals surface area contributed by atoms with Gasteiger partial charge in [0.25, 0.3) is 0 Å². The second kappa shape index (κ2) is 16.1. The van der Waals surface area contributed by atoms with Gasteiger partial charge in [0.2, 0.25) is 0 Å². The second-order valence-electron chi connectivity index (χ2n) is 9.64. The molecule has 204 valence electrons. The molecule has 2 aromatic rings. The third kappa shape index (κ3) is 9.52. The quantitative estimate of drug-likeness (QED) is 0.336. The molecule has 1 aromatic heterocycles. The van der Waals surface area contributed by atoms with Crippen LogP contribution in [0.3, 0.4) is 0 Å². The number of H-pyrrole nitrogens is 1. The van der Waals surface area contributed by atoms with E-state index in [9.17, 15) is 8.78 Å². The van der Waals surface area contributed by atoms with E-state index in [4.69, 9.17) is 0 Å². The Morgan fingerprint density at radius 2 is 1.97 bits per heavy atom. The van der Waals surface area contributed by atoms with Gasteiger partial charge in [-0.15, -0.1) is 0 Å². The Morgan fingerprint density at radius 3 is 2.62 bits per heavy atom. The van der Waals surface area contributed by atoms with Crippen LogP contribution in [0.1, 0.15) is 62.8 Å². The van der Waals surface area contributed by atoms with Gasteiger partial charge >= 0.3 is 0 Å². The Kier molecular flexibility index (Phi) is 13.2. The fourth-order valence-corrected chi connectivity index (χ4v) is 4.18. The molecule has 0 bridgehead atoms. The van der Waals surface area contributed by atoms with Crippen LogP contribution in [0.4, 0.5) is 8.78 Å². The summed E-state index contributed by atoms with van der Waals surface area (Å²) in [4.78, 5) is 6.50. The number of aryl methyl sites for hydroxylation is 1. The van der Waals surface area contributed by atoms with Gasteiger partial charge in [0.1, 0.15) is 11.6 Å². The fraction of sp³-hybridized carbons (Fsp3) is 0.517. The first-order valence-electron chi connectivity index (χ1n) is 13.2. The number of likely N-dealkylation sites (N-methyl/N-ethyl adjacent to an activating group) is 1. The molecule has 2 heterocycles. The minimum Gasteiger partial charge on any atom is -0.369 e. The molecular formula is C29H44F2N6. The van der Waals surface area contributed by atoms with Crippen LogP contribution in [0.5, 0.6) is 0 Å². The van der Waals surface area contributed by atoms with Crippen LogP contribution in [0.25, 0.3) is 16.8 Å². The minimum absolute atomic E-state index is 0.0466. The van der Waals surface area contributed by atoms with Gasteiger partial charge in [-0.25, -0.2) is 9.38 Å². The normalized spacial score (nSPS) is 14.6. The van der Waals surface area contributed by atoms with E-state index < -0.39 is 12.5 Å². The van der Waals surface area contributed by atoms with Crippen LogP contribution < -0.4 is 10.6 Å². The molecule has 1 fully saturated rings. The number of aromatic nitrogens is 2. The summed E-state index contributed by atoms with van der Waals surface area (Å²) in [6.45, 7) is 13.2. The van der Waals surface area contributed by atoms with Gasteiger partial charge in [-0.05, 0) is 82.4 Å². The number of nitrogens with zero attached hydrogens (tertiary/aromatic N) is 3. The molecule has 0 radical (unpaired) electrons. The molecule has 0 amide bonds. The lowest BCUT2D eigenvalue weighted by atomic mass is 9.88. The lowest BCUT2D eigenvalue weighted by Gasteiger charge is -2.23. The highest BCUT2D eigenvalue weighted by Gasteiger charge is 2.24. The van der Waals surface area contributed by atoms with Crippen molar-refractivity contribution in [2.24, 2.45) is 4.99 Å². The summed E-state index contributed by atoms with van der Waals surface area (Å²) in [5.74, 6) is 0.564.